The van der Waals surface area contributed by atoms with Crippen LogP contribution < -0.4 is 0 Å². The van der Waals surface area contributed by atoms with Crippen LogP contribution in [0.1, 0.15) is 30.1 Å². The number of rotatable bonds is 2. The standard InChI is InChI=1S/C21H21FN2O2/c1-14-20(25)23-12-2-3-19(23)13-24(14)21(26)17-6-4-15(5-7-17)16-8-10-18(22)11-9-16/h4-11,14,19H,2-3,12-13H2,1H3/t14-,19-/m1/s1. The zero-order valence-electron chi connectivity index (χ0n) is 14.7. The van der Waals surface area contributed by atoms with Crippen LogP contribution >= 0.6 is 0 Å². The van der Waals surface area contributed by atoms with E-state index >= 15 is 0 Å². The molecule has 2 amide bonds. The monoisotopic (exact) mass is 352 g/mol. The van der Waals surface area contributed by atoms with E-state index in [2.05, 4.69) is 0 Å². The smallest absolute Gasteiger partial charge is 0.254 e. The molecule has 2 heterocycles. The fourth-order valence-corrected chi connectivity index (χ4v) is 3.95. The average Bonchev–Trinajstić information content (AvgIpc) is 3.14. The number of hydrogen-bond donors (Lipinski definition) is 0. The molecule has 0 aromatic heterocycles. The van der Waals surface area contributed by atoms with E-state index in [4.69, 9.17) is 0 Å². The maximum Gasteiger partial charge on any atom is 0.254 e. The summed E-state index contributed by atoms with van der Waals surface area (Å²) in [6, 6.07) is 13.3. The summed E-state index contributed by atoms with van der Waals surface area (Å²) >= 11 is 0. The third-order valence-corrected chi connectivity index (χ3v) is 5.46. The van der Waals surface area contributed by atoms with Crippen molar-refractivity contribution in [3.05, 3.63) is 59.9 Å². The van der Waals surface area contributed by atoms with Crippen LogP contribution in [-0.2, 0) is 4.79 Å². The zero-order chi connectivity index (χ0) is 18.3. The molecule has 2 aliphatic heterocycles. The Morgan fingerprint density at radius 3 is 2.31 bits per heavy atom. The number of nitrogens with zero attached hydrogens (tertiary/aromatic N) is 2. The van der Waals surface area contributed by atoms with Gasteiger partial charge in [0.15, 0.2) is 0 Å². The molecule has 0 saturated carbocycles. The van der Waals surface area contributed by atoms with Gasteiger partial charge >= 0.3 is 0 Å². The normalized spacial score (nSPS) is 22.5. The molecule has 0 radical (unpaired) electrons. The molecule has 2 fully saturated rings. The first-order valence-electron chi connectivity index (χ1n) is 9.02. The molecule has 0 bridgehead atoms. The van der Waals surface area contributed by atoms with Gasteiger partial charge < -0.3 is 9.80 Å². The maximum absolute atomic E-state index is 13.1. The van der Waals surface area contributed by atoms with Crippen LogP contribution in [0.5, 0.6) is 0 Å². The van der Waals surface area contributed by atoms with Crippen molar-refractivity contribution in [3.63, 3.8) is 0 Å². The van der Waals surface area contributed by atoms with Gasteiger partial charge in [-0.1, -0.05) is 24.3 Å². The number of carbonyl (C=O) groups is 2. The SMILES string of the molecule is C[C@@H]1C(=O)N2CCC[C@@H]2CN1C(=O)c1ccc(-c2ccc(F)cc2)cc1. The molecule has 0 spiro atoms. The summed E-state index contributed by atoms with van der Waals surface area (Å²) in [6.45, 7) is 3.22. The molecule has 2 saturated heterocycles. The fourth-order valence-electron chi connectivity index (χ4n) is 3.95. The van der Waals surface area contributed by atoms with E-state index in [1.807, 2.05) is 24.0 Å². The minimum absolute atomic E-state index is 0.0510. The first-order chi connectivity index (χ1) is 12.5. The number of amides is 2. The summed E-state index contributed by atoms with van der Waals surface area (Å²) in [5.74, 6) is -0.330. The van der Waals surface area contributed by atoms with Gasteiger partial charge in [-0.2, -0.15) is 0 Å². The van der Waals surface area contributed by atoms with Crippen molar-refractivity contribution in [1.29, 1.82) is 0 Å². The van der Waals surface area contributed by atoms with Gasteiger partial charge in [-0.15, -0.1) is 0 Å². The van der Waals surface area contributed by atoms with Crippen molar-refractivity contribution < 1.29 is 14.0 Å². The van der Waals surface area contributed by atoms with E-state index in [-0.39, 0.29) is 23.7 Å². The fraction of sp³-hybridized carbons (Fsp3) is 0.333. The van der Waals surface area contributed by atoms with E-state index in [0.717, 1.165) is 30.5 Å². The van der Waals surface area contributed by atoms with Crippen LogP contribution in [0.3, 0.4) is 0 Å². The quantitative estimate of drug-likeness (QED) is 0.832. The molecule has 4 nitrogen and oxygen atoms in total. The van der Waals surface area contributed by atoms with Crippen molar-refractivity contribution in [2.24, 2.45) is 0 Å². The van der Waals surface area contributed by atoms with Crippen LogP contribution in [0.4, 0.5) is 4.39 Å². The second-order valence-corrected chi connectivity index (χ2v) is 7.05. The summed E-state index contributed by atoms with van der Waals surface area (Å²) in [7, 11) is 0. The molecule has 5 heteroatoms. The van der Waals surface area contributed by atoms with Crippen LogP contribution in [0.2, 0.25) is 0 Å². The zero-order valence-corrected chi connectivity index (χ0v) is 14.7. The predicted molar refractivity (Wildman–Crippen MR) is 97.1 cm³/mol. The van der Waals surface area contributed by atoms with Crippen molar-refractivity contribution >= 4 is 11.8 Å². The molecular weight excluding hydrogens is 331 g/mol. The summed E-state index contributed by atoms with van der Waals surface area (Å²) < 4.78 is 13.1. The molecule has 0 N–H and O–H groups in total. The largest absolute Gasteiger partial charge is 0.336 e. The Hall–Kier alpha value is -2.69. The molecule has 134 valence electrons. The first kappa shape index (κ1) is 16.8. The number of fused-ring (bicyclic) bond motifs is 1. The summed E-state index contributed by atoms with van der Waals surface area (Å²) in [6.07, 6.45) is 1.98. The Bertz CT molecular complexity index is 832. The molecule has 26 heavy (non-hydrogen) atoms. The number of benzene rings is 2. The van der Waals surface area contributed by atoms with E-state index < -0.39 is 6.04 Å². The van der Waals surface area contributed by atoms with Crippen molar-refractivity contribution in [2.45, 2.75) is 31.8 Å². The van der Waals surface area contributed by atoms with Gasteiger partial charge in [0.1, 0.15) is 11.9 Å². The van der Waals surface area contributed by atoms with Gasteiger partial charge in [0.2, 0.25) is 5.91 Å². The first-order valence-corrected chi connectivity index (χ1v) is 9.02. The summed E-state index contributed by atoms with van der Waals surface area (Å²) in [5, 5.41) is 0. The molecule has 0 unspecified atom stereocenters. The third kappa shape index (κ3) is 2.87. The van der Waals surface area contributed by atoms with Gasteiger partial charge in [-0.25, -0.2) is 4.39 Å². The second-order valence-electron chi connectivity index (χ2n) is 7.05. The third-order valence-electron chi connectivity index (χ3n) is 5.46. The molecule has 4 rings (SSSR count). The van der Waals surface area contributed by atoms with Crippen LogP contribution in [0, 0.1) is 5.82 Å². The summed E-state index contributed by atoms with van der Waals surface area (Å²) in [5.41, 5.74) is 2.39. The van der Waals surface area contributed by atoms with Crippen molar-refractivity contribution in [1.82, 2.24) is 9.80 Å². The van der Waals surface area contributed by atoms with E-state index in [1.54, 1.807) is 29.2 Å². The molecule has 0 aliphatic carbocycles. The Balaban J connectivity index is 1.54. The summed E-state index contributed by atoms with van der Waals surface area (Å²) in [4.78, 5) is 29.1. The number of halogens is 1. The number of piperazine rings is 1. The van der Waals surface area contributed by atoms with Gasteiger partial charge in [0.25, 0.3) is 5.91 Å². The van der Waals surface area contributed by atoms with Crippen LogP contribution in [0.15, 0.2) is 48.5 Å². The Morgan fingerprint density at radius 2 is 1.65 bits per heavy atom. The van der Waals surface area contributed by atoms with Gasteiger partial charge in [-0.3, -0.25) is 9.59 Å². The van der Waals surface area contributed by atoms with Crippen LogP contribution in [-0.4, -0.2) is 46.8 Å². The highest BCUT2D eigenvalue weighted by atomic mass is 19.1. The lowest BCUT2D eigenvalue weighted by Gasteiger charge is -2.41. The van der Waals surface area contributed by atoms with E-state index in [0.29, 0.717) is 12.1 Å². The van der Waals surface area contributed by atoms with Gasteiger partial charge in [0.05, 0.1) is 0 Å². The minimum atomic E-state index is -0.423. The molecule has 2 aliphatic rings. The van der Waals surface area contributed by atoms with Crippen molar-refractivity contribution in [3.8, 4) is 11.1 Å². The Labute approximate surface area is 152 Å². The average molecular weight is 352 g/mol. The predicted octanol–water partition coefficient (Wildman–Crippen LogP) is 3.33. The molecule has 2 aromatic carbocycles. The Morgan fingerprint density at radius 1 is 1.04 bits per heavy atom. The minimum Gasteiger partial charge on any atom is -0.336 e. The van der Waals surface area contributed by atoms with Gasteiger partial charge in [0, 0.05) is 24.7 Å². The van der Waals surface area contributed by atoms with E-state index in [9.17, 15) is 14.0 Å². The van der Waals surface area contributed by atoms with Crippen molar-refractivity contribution in [2.75, 3.05) is 13.1 Å². The van der Waals surface area contributed by atoms with E-state index in [1.165, 1.54) is 12.1 Å². The highest BCUT2D eigenvalue weighted by molar-refractivity contribution is 5.98. The highest BCUT2D eigenvalue weighted by Crippen LogP contribution is 2.27. The molecule has 2 atom stereocenters. The lowest BCUT2D eigenvalue weighted by atomic mass is 10.0. The Kier molecular flexibility index (Phi) is 4.23. The van der Waals surface area contributed by atoms with Gasteiger partial charge in [-0.05, 0) is 55.2 Å². The molecule has 2 aromatic rings. The topological polar surface area (TPSA) is 40.6 Å². The number of carbonyl (C=O) groups excluding carboxylic acids is 2. The van der Waals surface area contributed by atoms with Crippen LogP contribution in [0.25, 0.3) is 11.1 Å². The lowest BCUT2D eigenvalue weighted by Crippen LogP contribution is -2.60. The molecular formula is C21H21FN2O2. The second kappa shape index (κ2) is 6.56. The number of hydrogen-bond acceptors (Lipinski definition) is 2. The highest BCUT2D eigenvalue weighted by Gasteiger charge is 2.42. The lowest BCUT2D eigenvalue weighted by molar-refractivity contribution is -0.141. The maximum atomic E-state index is 13.1.